The molecule has 0 aliphatic rings. The van der Waals surface area contributed by atoms with Gasteiger partial charge in [0.2, 0.25) is 0 Å². The number of anilines is 1. The highest BCUT2D eigenvalue weighted by atomic mass is 19.1. The summed E-state index contributed by atoms with van der Waals surface area (Å²) in [7, 11) is 1.89. The maximum Gasteiger partial charge on any atom is 0.123 e. The van der Waals surface area contributed by atoms with Gasteiger partial charge < -0.3 is 10.0 Å². The Morgan fingerprint density at radius 3 is 2.00 bits per heavy atom. The largest absolute Gasteiger partial charge is 0.387 e. The van der Waals surface area contributed by atoms with Crippen LogP contribution in [0.3, 0.4) is 0 Å². The fourth-order valence-corrected chi connectivity index (χ4v) is 2.27. The van der Waals surface area contributed by atoms with Crippen molar-refractivity contribution in [2.24, 2.45) is 0 Å². The number of nitrogens with zero attached hydrogens (tertiary/aromatic N) is 1. The molecule has 2 aromatic carbocycles. The molecule has 0 aliphatic carbocycles. The topological polar surface area (TPSA) is 23.5 Å². The third-order valence-electron chi connectivity index (χ3n) is 3.70. The van der Waals surface area contributed by atoms with Crippen molar-refractivity contribution in [2.45, 2.75) is 25.9 Å². The Kier molecular flexibility index (Phi) is 4.97. The zero-order chi connectivity index (χ0) is 15.4. The molecule has 0 amide bonds. The van der Waals surface area contributed by atoms with Crippen LogP contribution >= 0.6 is 0 Å². The SMILES string of the molecule is CC(C)c1ccc(C(O)CN(C)c2ccc(F)cc2)cc1. The number of hydrogen-bond donors (Lipinski definition) is 1. The van der Waals surface area contributed by atoms with Gasteiger partial charge >= 0.3 is 0 Å². The van der Waals surface area contributed by atoms with Crippen LogP contribution in [0.5, 0.6) is 0 Å². The molecule has 1 unspecified atom stereocenters. The van der Waals surface area contributed by atoms with E-state index in [1.165, 1.54) is 17.7 Å². The van der Waals surface area contributed by atoms with Crippen LogP contribution in [0.4, 0.5) is 10.1 Å². The molecule has 0 aromatic heterocycles. The van der Waals surface area contributed by atoms with Gasteiger partial charge in [-0.3, -0.25) is 0 Å². The lowest BCUT2D eigenvalue weighted by Crippen LogP contribution is -2.24. The minimum atomic E-state index is -0.568. The lowest BCUT2D eigenvalue weighted by atomic mass is 10.00. The van der Waals surface area contributed by atoms with Gasteiger partial charge in [-0.1, -0.05) is 38.1 Å². The Labute approximate surface area is 125 Å². The number of rotatable bonds is 5. The number of aliphatic hydroxyl groups excluding tert-OH is 1. The standard InChI is InChI=1S/C18H22FNO/c1-13(2)14-4-6-15(7-5-14)18(21)12-20(3)17-10-8-16(19)9-11-17/h4-11,13,18,21H,12H2,1-3H3. The van der Waals surface area contributed by atoms with Crippen molar-refractivity contribution in [1.29, 1.82) is 0 Å². The molecule has 112 valence electrons. The van der Waals surface area contributed by atoms with Crippen molar-refractivity contribution in [3.8, 4) is 0 Å². The molecule has 0 spiro atoms. The normalized spacial score (nSPS) is 12.5. The van der Waals surface area contributed by atoms with E-state index in [0.717, 1.165) is 11.3 Å². The third-order valence-corrected chi connectivity index (χ3v) is 3.70. The van der Waals surface area contributed by atoms with E-state index in [-0.39, 0.29) is 5.82 Å². The molecule has 2 aromatic rings. The number of hydrogen-bond acceptors (Lipinski definition) is 2. The van der Waals surface area contributed by atoms with E-state index < -0.39 is 6.10 Å². The smallest absolute Gasteiger partial charge is 0.123 e. The van der Waals surface area contributed by atoms with E-state index in [4.69, 9.17) is 0 Å². The molecule has 0 bridgehead atoms. The first-order valence-electron chi connectivity index (χ1n) is 7.22. The lowest BCUT2D eigenvalue weighted by Gasteiger charge is -2.23. The summed E-state index contributed by atoms with van der Waals surface area (Å²) in [5, 5.41) is 10.3. The summed E-state index contributed by atoms with van der Waals surface area (Å²) in [4.78, 5) is 1.92. The molecule has 0 saturated carbocycles. The summed E-state index contributed by atoms with van der Waals surface area (Å²) in [6.45, 7) is 4.76. The van der Waals surface area contributed by atoms with Crippen LogP contribution in [0.2, 0.25) is 0 Å². The van der Waals surface area contributed by atoms with Crippen molar-refractivity contribution >= 4 is 5.69 Å². The summed E-state index contributed by atoms with van der Waals surface area (Å²) < 4.78 is 12.9. The lowest BCUT2D eigenvalue weighted by molar-refractivity contribution is 0.185. The van der Waals surface area contributed by atoms with Gasteiger partial charge in [-0.2, -0.15) is 0 Å². The van der Waals surface area contributed by atoms with Crippen LogP contribution < -0.4 is 4.90 Å². The zero-order valence-electron chi connectivity index (χ0n) is 12.8. The Morgan fingerprint density at radius 1 is 0.952 bits per heavy atom. The predicted molar refractivity (Wildman–Crippen MR) is 85.2 cm³/mol. The van der Waals surface area contributed by atoms with E-state index in [1.54, 1.807) is 12.1 Å². The van der Waals surface area contributed by atoms with Gasteiger partial charge in [0, 0.05) is 19.3 Å². The predicted octanol–water partition coefficient (Wildman–Crippen LogP) is 4.12. The van der Waals surface area contributed by atoms with Gasteiger partial charge in [-0.05, 0) is 41.3 Å². The van der Waals surface area contributed by atoms with Crippen LogP contribution in [0, 0.1) is 5.82 Å². The highest BCUT2D eigenvalue weighted by Crippen LogP contribution is 2.21. The van der Waals surface area contributed by atoms with Crippen LogP contribution in [0.15, 0.2) is 48.5 Å². The minimum Gasteiger partial charge on any atom is -0.387 e. The number of benzene rings is 2. The van der Waals surface area contributed by atoms with Gasteiger partial charge in [0.1, 0.15) is 5.82 Å². The third kappa shape index (κ3) is 4.05. The first-order valence-corrected chi connectivity index (χ1v) is 7.22. The fourth-order valence-electron chi connectivity index (χ4n) is 2.27. The highest BCUT2D eigenvalue weighted by molar-refractivity contribution is 5.45. The van der Waals surface area contributed by atoms with E-state index >= 15 is 0 Å². The molecule has 0 radical (unpaired) electrons. The molecule has 1 N–H and O–H groups in total. The van der Waals surface area contributed by atoms with E-state index in [0.29, 0.717) is 12.5 Å². The quantitative estimate of drug-likeness (QED) is 0.894. The Balaban J connectivity index is 2.03. The summed E-state index contributed by atoms with van der Waals surface area (Å²) in [6.07, 6.45) is -0.568. The van der Waals surface area contributed by atoms with Crippen LogP contribution in [0.25, 0.3) is 0 Å². The molecule has 1 atom stereocenters. The molecule has 21 heavy (non-hydrogen) atoms. The zero-order valence-corrected chi connectivity index (χ0v) is 12.8. The summed E-state index contributed by atoms with van der Waals surface area (Å²) in [6, 6.07) is 14.3. The first kappa shape index (κ1) is 15.5. The summed E-state index contributed by atoms with van der Waals surface area (Å²) in [5.74, 6) is 0.232. The molecule has 2 nitrogen and oxygen atoms in total. The van der Waals surface area contributed by atoms with Crippen LogP contribution in [-0.2, 0) is 0 Å². The highest BCUT2D eigenvalue weighted by Gasteiger charge is 2.12. The molecule has 2 rings (SSSR count). The van der Waals surface area contributed by atoms with Crippen LogP contribution in [-0.4, -0.2) is 18.7 Å². The van der Waals surface area contributed by atoms with Gasteiger partial charge in [0.15, 0.2) is 0 Å². The maximum atomic E-state index is 12.9. The van der Waals surface area contributed by atoms with Gasteiger partial charge in [-0.15, -0.1) is 0 Å². The first-order chi connectivity index (χ1) is 9.97. The van der Waals surface area contributed by atoms with Gasteiger partial charge in [-0.25, -0.2) is 4.39 Å². The van der Waals surface area contributed by atoms with Crippen molar-refractivity contribution in [3.05, 3.63) is 65.5 Å². The molecular formula is C18H22FNO. The number of likely N-dealkylation sites (N-methyl/N-ethyl adjacent to an activating group) is 1. The van der Waals surface area contributed by atoms with Crippen molar-refractivity contribution < 1.29 is 9.50 Å². The second-order valence-electron chi connectivity index (χ2n) is 5.69. The van der Waals surface area contributed by atoms with E-state index in [2.05, 4.69) is 26.0 Å². The van der Waals surface area contributed by atoms with Crippen LogP contribution in [0.1, 0.15) is 37.0 Å². The Hall–Kier alpha value is -1.87. The molecule has 0 fully saturated rings. The maximum absolute atomic E-state index is 12.9. The molecule has 3 heteroatoms. The molecule has 0 aliphatic heterocycles. The summed E-state index contributed by atoms with van der Waals surface area (Å²) in [5.41, 5.74) is 3.04. The number of aliphatic hydroxyl groups is 1. The molecular weight excluding hydrogens is 265 g/mol. The molecule has 0 heterocycles. The van der Waals surface area contributed by atoms with Gasteiger partial charge in [0.05, 0.1) is 6.10 Å². The minimum absolute atomic E-state index is 0.253. The average Bonchev–Trinajstić information content (AvgIpc) is 2.47. The second-order valence-corrected chi connectivity index (χ2v) is 5.69. The molecule has 0 saturated heterocycles. The summed E-state index contributed by atoms with van der Waals surface area (Å²) >= 11 is 0. The second kappa shape index (κ2) is 6.72. The van der Waals surface area contributed by atoms with E-state index in [9.17, 15) is 9.50 Å². The van der Waals surface area contributed by atoms with Gasteiger partial charge in [0.25, 0.3) is 0 Å². The Morgan fingerprint density at radius 2 is 1.48 bits per heavy atom. The van der Waals surface area contributed by atoms with Crippen molar-refractivity contribution in [2.75, 3.05) is 18.5 Å². The van der Waals surface area contributed by atoms with E-state index in [1.807, 2.05) is 24.1 Å². The number of halogens is 1. The van der Waals surface area contributed by atoms with Crippen molar-refractivity contribution in [3.63, 3.8) is 0 Å². The fraction of sp³-hybridized carbons (Fsp3) is 0.333. The monoisotopic (exact) mass is 287 g/mol. The average molecular weight is 287 g/mol. The Bertz CT molecular complexity index is 563. The van der Waals surface area contributed by atoms with Crippen molar-refractivity contribution in [1.82, 2.24) is 0 Å².